The maximum Gasteiger partial charge on any atom is 0.0453 e. The molecule has 17 heavy (non-hydrogen) atoms. The zero-order valence-electron chi connectivity index (χ0n) is 10.5. The molecule has 1 aliphatic rings. The highest BCUT2D eigenvalue weighted by atomic mass is 35.5. The maximum absolute atomic E-state index is 6.24. The van der Waals surface area contributed by atoms with Gasteiger partial charge in [-0.15, -0.1) is 0 Å². The number of halogens is 1. The molecule has 0 amide bonds. The summed E-state index contributed by atoms with van der Waals surface area (Å²) in [7, 11) is 2.01. The molecule has 1 aromatic rings. The van der Waals surface area contributed by atoms with E-state index >= 15 is 0 Å². The van der Waals surface area contributed by atoms with Crippen LogP contribution < -0.4 is 5.32 Å². The third-order valence-electron chi connectivity index (χ3n) is 3.56. The van der Waals surface area contributed by atoms with Crippen LogP contribution in [-0.4, -0.2) is 31.6 Å². The summed E-state index contributed by atoms with van der Waals surface area (Å²) in [5.74, 6) is 0. The number of likely N-dealkylation sites (tertiary alicyclic amines) is 1. The van der Waals surface area contributed by atoms with E-state index in [0.29, 0.717) is 6.04 Å². The summed E-state index contributed by atoms with van der Waals surface area (Å²) in [4.78, 5) is 2.54. The van der Waals surface area contributed by atoms with E-state index < -0.39 is 0 Å². The van der Waals surface area contributed by atoms with E-state index in [4.69, 9.17) is 11.6 Å². The zero-order chi connectivity index (χ0) is 12.1. The predicted octanol–water partition coefficient (Wildman–Crippen LogP) is 3.09. The van der Waals surface area contributed by atoms with Gasteiger partial charge in [-0.3, -0.25) is 0 Å². The Morgan fingerprint density at radius 3 is 2.65 bits per heavy atom. The summed E-state index contributed by atoms with van der Waals surface area (Å²) < 4.78 is 0. The molecule has 0 radical (unpaired) electrons. The molecular formula is C14H21ClN2. The largest absolute Gasteiger partial charge is 0.313 e. The first-order valence-corrected chi connectivity index (χ1v) is 6.83. The van der Waals surface area contributed by atoms with Crippen molar-refractivity contribution in [1.82, 2.24) is 10.2 Å². The van der Waals surface area contributed by atoms with Crippen molar-refractivity contribution >= 4 is 11.6 Å². The van der Waals surface area contributed by atoms with Crippen LogP contribution in [0.25, 0.3) is 0 Å². The number of hydrogen-bond donors (Lipinski definition) is 1. The van der Waals surface area contributed by atoms with Gasteiger partial charge in [-0.25, -0.2) is 0 Å². The highest BCUT2D eigenvalue weighted by Crippen LogP contribution is 2.25. The second-order valence-corrected chi connectivity index (χ2v) is 5.11. The number of benzene rings is 1. The predicted molar refractivity (Wildman–Crippen MR) is 73.5 cm³/mol. The third-order valence-corrected chi connectivity index (χ3v) is 3.91. The van der Waals surface area contributed by atoms with Crippen molar-refractivity contribution in [3.8, 4) is 0 Å². The van der Waals surface area contributed by atoms with Crippen molar-refractivity contribution in [2.75, 3.05) is 26.7 Å². The number of nitrogens with zero attached hydrogens (tertiary/aromatic N) is 1. The molecule has 0 bridgehead atoms. The molecule has 1 heterocycles. The quantitative estimate of drug-likeness (QED) is 0.867. The van der Waals surface area contributed by atoms with Gasteiger partial charge in [0.15, 0.2) is 0 Å². The molecule has 0 spiro atoms. The van der Waals surface area contributed by atoms with Gasteiger partial charge < -0.3 is 10.2 Å². The Balaban J connectivity index is 1.94. The minimum Gasteiger partial charge on any atom is -0.313 e. The fourth-order valence-electron chi connectivity index (χ4n) is 2.53. The van der Waals surface area contributed by atoms with Crippen molar-refractivity contribution in [2.24, 2.45) is 0 Å². The summed E-state index contributed by atoms with van der Waals surface area (Å²) in [6.45, 7) is 3.69. The Morgan fingerprint density at radius 2 is 2.00 bits per heavy atom. The first kappa shape index (κ1) is 12.9. The second-order valence-electron chi connectivity index (χ2n) is 4.70. The van der Waals surface area contributed by atoms with Crippen LogP contribution in [-0.2, 0) is 0 Å². The SMILES string of the molecule is CNC(CCN1CCCC1)c1ccccc1Cl. The van der Waals surface area contributed by atoms with E-state index in [2.05, 4.69) is 22.3 Å². The van der Waals surface area contributed by atoms with Gasteiger partial charge in [-0.1, -0.05) is 29.8 Å². The molecule has 0 saturated carbocycles. The van der Waals surface area contributed by atoms with E-state index in [0.717, 1.165) is 18.0 Å². The highest BCUT2D eigenvalue weighted by Gasteiger charge is 2.16. The average molecular weight is 253 g/mol. The Hall–Kier alpha value is -0.570. The standard InChI is InChI=1S/C14H21ClN2/c1-16-14(8-11-17-9-4-5-10-17)12-6-2-3-7-13(12)15/h2-3,6-7,14,16H,4-5,8-11H2,1H3. The lowest BCUT2D eigenvalue weighted by Gasteiger charge is -2.21. The lowest BCUT2D eigenvalue weighted by Crippen LogP contribution is -2.26. The fourth-order valence-corrected chi connectivity index (χ4v) is 2.80. The summed E-state index contributed by atoms with van der Waals surface area (Å²) >= 11 is 6.24. The molecule has 1 saturated heterocycles. The van der Waals surface area contributed by atoms with Gasteiger partial charge in [-0.2, -0.15) is 0 Å². The van der Waals surface area contributed by atoms with E-state index in [-0.39, 0.29) is 0 Å². The lowest BCUT2D eigenvalue weighted by atomic mass is 10.0. The van der Waals surface area contributed by atoms with Crippen LogP contribution in [0.4, 0.5) is 0 Å². The van der Waals surface area contributed by atoms with Gasteiger partial charge in [0.05, 0.1) is 0 Å². The molecule has 2 rings (SSSR count). The first-order valence-electron chi connectivity index (χ1n) is 6.45. The van der Waals surface area contributed by atoms with E-state index in [1.165, 1.54) is 31.5 Å². The molecule has 2 nitrogen and oxygen atoms in total. The second kappa shape index (κ2) is 6.39. The minimum atomic E-state index is 0.365. The fraction of sp³-hybridized carbons (Fsp3) is 0.571. The number of hydrogen-bond acceptors (Lipinski definition) is 2. The van der Waals surface area contributed by atoms with Gasteiger partial charge >= 0.3 is 0 Å². The monoisotopic (exact) mass is 252 g/mol. The van der Waals surface area contributed by atoms with E-state index in [9.17, 15) is 0 Å². The third kappa shape index (κ3) is 3.44. The van der Waals surface area contributed by atoms with Crippen molar-refractivity contribution in [3.05, 3.63) is 34.9 Å². The summed E-state index contributed by atoms with van der Waals surface area (Å²) in [5.41, 5.74) is 1.22. The van der Waals surface area contributed by atoms with Crippen LogP contribution in [0.1, 0.15) is 30.9 Å². The molecule has 1 fully saturated rings. The van der Waals surface area contributed by atoms with Crippen LogP contribution >= 0.6 is 11.6 Å². The van der Waals surface area contributed by atoms with E-state index in [1.807, 2.05) is 19.2 Å². The van der Waals surface area contributed by atoms with Crippen molar-refractivity contribution in [3.63, 3.8) is 0 Å². The van der Waals surface area contributed by atoms with Crippen LogP contribution in [0, 0.1) is 0 Å². The van der Waals surface area contributed by atoms with Gasteiger partial charge in [0.2, 0.25) is 0 Å². The average Bonchev–Trinajstić information content (AvgIpc) is 2.85. The molecule has 1 unspecified atom stereocenters. The highest BCUT2D eigenvalue weighted by molar-refractivity contribution is 6.31. The van der Waals surface area contributed by atoms with Crippen LogP contribution in [0.5, 0.6) is 0 Å². The summed E-state index contributed by atoms with van der Waals surface area (Å²) in [6, 6.07) is 8.50. The number of nitrogens with one attached hydrogen (secondary N) is 1. The van der Waals surface area contributed by atoms with Crippen LogP contribution in [0.2, 0.25) is 5.02 Å². The van der Waals surface area contributed by atoms with Gasteiger partial charge in [-0.05, 0) is 57.6 Å². The maximum atomic E-state index is 6.24. The van der Waals surface area contributed by atoms with Crippen molar-refractivity contribution in [2.45, 2.75) is 25.3 Å². The molecule has 1 N–H and O–H groups in total. The molecule has 1 aliphatic heterocycles. The van der Waals surface area contributed by atoms with Gasteiger partial charge in [0.1, 0.15) is 0 Å². The van der Waals surface area contributed by atoms with Crippen molar-refractivity contribution < 1.29 is 0 Å². The molecular weight excluding hydrogens is 232 g/mol. The van der Waals surface area contributed by atoms with Gasteiger partial charge in [0.25, 0.3) is 0 Å². The Labute approximate surface area is 109 Å². The lowest BCUT2D eigenvalue weighted by molar-refractivity contribution is 0.314. The molecule has 1 aromatic carbocycles. The molecule has 94 valence electrons. The number of rotatable bonds is 5. The topological polar surface area (TPSA) is 15.3 Å². The first-order chi connectivity index (χ1) is 8.31. The molecule has 1 atom stereocenters. The normalized spacial score (nSPS) is 18.5. The van der Waals surface area contributed by atoms with E-state index in [1.54, 1.807) is 0 Å². The molecule has 0 aliphatic carbocycles. The Morgan fingerprint density at radius 1 is 1.29 bits per heavy atom. The van der Waals surface area contributed by atoms with Gasteiger partial charge in [0, 0.05) is 11.1 Å². The molecule has 3 heteroatoms. The van der Waals surface area contributed by atoms with Crippen LogP contribution in [0.15, 0.2) is 24.3 Å². The Bertz CT molecular complexity index is 348. The van der Waals surface area contributed by atoms with Crippen molar-refractivity contribution in [1.29, 1.82) is 0 Å². The minimum absolute atomic E-state index is 0.365. The molecule has 0 aromatic heterocycles. The zero-order valence-corrected chi connectivity index (χ0v) is 11.2. The summed E-state index contributed by atoms with van der Waals surface area (Å²) in [5, 5.41) is 4.24. The Kier molecular flexibility index (Phi) is 4.84. The smallest absolute Gasteiger partial charge is 0.0453 e. The van der Waals surface area contributed by atoms with Crippen LogP contribution in [0.3, 0.4) is 0 Å². The summed E-state index contributed by atoms with van der Waals surface area (Å²) in [6.07, 6.45) is 3.84.